The number of amides is 1. The van der Waals surface area contributed by atoms with Crippen molar-refractivity contribution in [2.75, 3.05) is 19.0 Å². The van der Waals surface area contributed by atoms with Crippen molar-refractivity contribution in [1.29, 1.82) is 0 Å². The van der Waals surface area contributed by atoms with Crippen molar-refractivity contribution < 1.29 is 9.53 Å². The average molecular weight is 246 g/mol. The number of ether oxygens (including phenoxy) is 1. The molecule has 1 rings (SSSR count). The molecule has 0 fully saturated rings. The van der Waals surface area contributed by atoms with Crippen LogP contribution in [0.5, 0.6) is 0 Å². The molecule has 1 unspecified atom stereocenters. The first-order valence-corrected chi connectivity index (χ1v) is 5.75. The smallest absolute Gasteiger partial charge is 0.242 e. The Hall–Kier alpha value is -1.83. The van der Waals surface area contributed by atoms with E-state index in [-0.39, 0.29) is 12.3 Å². The van der Waals surface area contributed by atoms with E-state index >= 15 is 0 Å². The van der Waals surface area contributed by atoms with Gasteiger partial charge in [-0.2, -0.15) is 0 Å². The van der Waals surface area contributed by atoms with Crippen LogP contribution in [0.4, 0.5) is 5.69 Å². The third-order valence-corrected chi connectivity index (χ3v) is 2.53. The Morgan fingerprint density at radius 2 is 2.28 bits per heavy atom. The SMILES string of the molecule is C#CCC(N)C(=O)Nc1ccccc1CCOC. The Labute approximate surface area is 108 Å². The lowest BCUT2D eigenvalue weighted by molar-refractivity contribution is -0.117. The number of methoxy groups -OCH3 is 1. The van der Waals surface area contributed by atoms with Gasteiger partial charge in [-0.1, -0.05) is 18.2 Å². The second kappa shape index (κ2) is 7.49. The maximum absolute atomic E-state index is 11.8. The summed E-state index contributed by atoms with van der Waals surface area (Å²) in [6, 6.07) is 6.89. The summed E-state index contributed by atoms with van der Waals surface area (Å²) in [6.07, 6.45) is 6.09. The fraction of sp³-hybridized carbons (Fsp3) is 0.357. The van der Waals surface area contributed by atoms with Gasteiger partial charge in [-0.3, -0.25) is 4.79 Å². The topological polar surface area (TPSA) is 64.4 Å². The van der Waals surface area contributed by atoms with Crippen molar-refractivity contribution in [3.63, 3.8) is 0 Å². The number of rotatable bonds is 6. The molecule has 1 aromatic carbocycles. The average Bonchev–Trinajstić information content (AvgIpc) is 2.38. The van der Waals surface area contributed by atoms with Crippen LogP contribution in [0.25, 0.3) is 0 Å². The van der Waals surface area contributed by atoms with Crippen molar-refractivity contribution in [1.82, 2.24) is 0 Å². The normalized spacial score (nSPS) is 11.6. The van der Waals surface area contributed by atoms with Gasteiger partial charge in [-0.15, -0.1) is 12.3 Å². The van der Waals surface area contributed by atoms with Gasteiger partial charge >= 0.3 is 0 Å². The van der Waals surface area contributed by atoms with Crippen molar-refractivity contribution in [3.05, 3.63) is 29.8 Å². The van der Waals surface area contributed by atoms with E-state index in [4.69, 9.17) is 16.9 Å². The highest BCUT2D eigenvalue weighted by Crippen LogP contribution is 2.16. The summed E-state index contributed by atoms with van der Waals surface area (Å²) in [4.78, 5) is 11.8. The highest BCUT2D eigenvalue weighted by atomic mass is 16.5. The van der Waals surface area contributed by atoms with E-state index in [2.05, 4.69) is 11.2 Å². The molecule has 4 nitrogen and oxygen atoms in total. The predicted molar refractivity (Wildman–Crippen MR) is 72.1 cm³/mol. The number of carbonyl (C=O) groups is 1. The van der Waals surface area contributed by atoms with E-state index in [1.54, 1.807) is 7.11 Å². The maximum Gasteiger partial charge on any atom is 0.242 e. The molecule has 0 saturated carbocycles. The first-order chi connectivity index (χ1) is 8.69. The lowest BCUT2D eigenvalue weighted by Gasteiger charge is -2.13. The van der Waals surface area contributed by atoms with Crippen LogP contribution in [0.3, 0.4) is 0 Å². The van der Waals surface area contributed by atoms with E-state index < -0.39 is 6.04 Å². The molecule has 0 saturated heterocycles. The molecule has 1 aromatic rings. The molecule has 0 aliphatic carbocycles. The molecule has 96 valence electrons. The van der Waals surface area contributed by atoms with Crippen LogP contribution in [-0.2, 0) is 16.0 Å². The van der Waals surface area contributed by atoms with Crippen molar-refractivity contribution in [2.45, 2.75) is 18.9 Å². The molecular formula is C14H18N2O2. The Balaban J connectivity index is 2.71. The number of terminal acetylenes is 1. The maximum atomic E-state index is 11.8. The minimum Gasteiger partial charge on any atom is -0.384 e. The van der Waals surface area contributed by atoms with Gasteiger partial charge in [0.15, 0.2) is 0 Å². The standard InChI is InChI=1S/C14H18N2O2/c1-3-6-12(15)14(17)16-13-8-5-4-7-11(13)9-10-18-2/h1,4-5,7-8,12H,6,9-10,15H2,2H3,(H,16,17). The first-order valence-electron chi connectivity index (χ1n) is 5.75. The zero-order valence-corrected chi connectivity index (χ0v) is 10.5. The summed E-state index contributed by atoms with van der Waals surface area (Å²) in [5.41, 5.74) is 7.42. The van der Waals surface area contributed by atoms with Crippen LogP contribution in [0.2, 0.25) is 0 Å². The Bertz CT molecular complexity index is 438. The Kier molecular flexibility index (Phi) is 5.92. The summed E-state index contributed by atoms with van der Waals surface area (Å²) < 4.78 is 5.03. The molecule has 0 aliphatic heterocycles. The van der Waals surface area contributed by atoms with E-state index in [1.807, 2.05) is 24.3 Å². The van der Waals surface area contributed by atoms with Crippen molar-refractivity contribution in [3.8, 4) is 12.3 Å². The zero-order chi connectivity index (χ0) is 13.4. The van der Waals surface area contributed by atoms with Gasteiger partial charge in [-0.25, -0.2) is 0 Å². The Morgan fingerprint density at radius 3 is 2.94 bits per heavy atom. The monoisotopic (exact) mass is 246 g/mol. The van der Waals surface area contributed by atoms with Crippen LogP contribution in [-0.4, -0.2) is 25.7 Å². The highest BCUT2D eigenvalue weighted by molar-refractivity contribution is 5.95. The van der Waals surface area contributed by atoms with Gasteiger partial charge in [0, 0.05) is 19.2 Å². The molecule has 4 heteroatoms. The summed E-state index contributed by atoms with van der Waals surface area (Å²) in [6.45, 7) is 0.600. The number of nitrogens with one attached hydrogen (secondary N) is 1. The number of benzene rings is 1. The summed E-state index contributed by atoms with van der Waals surface area (Å²) in [5.74, 6) is 2.11. The quantitative estimate of drug-likeness (QED) is 0.740. The van der Waals surface area contributed by atoms with Gasteiger partial charge in [0.25, 0.3) is 0 Å². The molecule has 0 heterocycles. The molecule has 0 aromatic heterocycles. The molecule has 3 N–H and O–H groups in total. The lowest BCUT2D eigenvalue weighted by atomic mass is 10.1. The zero-order valence-electron chi connectivity index (χ0n) is 10.5. The van der Waals surface area contributed by atoms with E-state index in [0.29, 0.717) is 6.61 Å². The van der Waals surface area contributed by atoms with Crippen molar-refractivity contribution in [2.24, 2.45) is 5.73 Å². The van der Waals surface area contributed by atoms with E-state index in [1.165, 1.54) is 0 Å². The molecule has 0 aliphatic rings. The fourth-order valence-corrected chi connectivity index (χ4v) is 1.52. The van der Waals surface area contributed by atoms with Crippen LogP contribution in [0.1, 0.15) is 12.0 Å². The van der Waals surface area contributed by atoms with E-state index in [9.17, 15) is 4.79 Å². The summed E-state index contributed by atoms with van der Waals surface area (Å²) in [5, 5.41) is 2.79. The number of carbonyl (C=O) groups excluding carboxylic acids is 1. The van der Waals surface area contributed by atoms with Gasteiger partial charge in [0.2, 0.25) is 5.91 Å². The molecular weight excluding hydrogens is 228 g/mol. The highest BCUT2D eigenvalue weighted by Gasteiger charge is 2.13. The van der Waals surface area contributed by atoms with Gasteiger partial charge in [0.05, 0.1) is 12.6 Å². The molecule has 0 radical (unpaired) electrons. The number of hydrogen-bond acceptors (Lipinski definition) is 3. The minimum atomic E-state index is -0.675. The second-order valence-corrected chi connectivity index (χ2v) is 3.90. The largest absolute Gasteiger partial charge is 0.384 e. The lowest BCUT2D eigenvalue weighted by Crippen LogP contribution is -2.35. The van der Waals surface area contributed by atoms with Gasteiger partial charge < -0.3 is 15.8 Å². The molecule has 1 amide bonds. The molecule has 1 atom stereocenters. The van der Waals surface area contributed by atoms with Crippen LogP contribution < -0.4 is 11.1 Å². The number of para-hydroxylation sites is 1. The molecule has 0 bridgehead atoms. The molecule has 0 spiro atoms. The van der Waals surface area contributed by atoms with Crippen LogP contribution >= 0.6 is 0 Å². The summed E-state index contributed by atoms with van der Waals surface area (Å²) >= 11 is 0. The number of nitrogens with two attached hydrogens (primary N) is 1. The predicted octanol–water partition coefficient (Wildman–Crippen LogP) is 1.16. The first kappa shape index (κ1) is 14.2. The number of anilines is 1. The number of hydrogen-bond donors (Lipinski definition) is 2. The van der Waals surface area contributed by atoms with E-state index in [0.717, 1.165) is 17.7 Å². The minimum absolute atomic E-state index is 0.228. The molecule has 18 heavy (non-hydrogen) atoms. The fourth-order valence-electron chi connectivity index (χ4n) is 1.52. The van der Waals surface area contributed by atoms with Crippen LogP contribution in [0, 0.1) is 12.3 Å². The third kappa shape index (κ3) is 4.21. The second-order valence-electron chi connectivity index (χ2n) is 3.90. The van der Waals surface area contributed by atoms with Crippen molar-refractivity contribution >= 4 is 11.6 Å². The summed E-state index contributed by atoms with van der Waals surface area (Å²) in [7, 11) is 1.64. The third-order valence-electron chi connectivity index (χ3n) is 2.53. The Morgan fingerprint density at radius 1 is 1.56 bits per heavy atom. The van der Waals surface area contributed by atoms with Gasteiger partial charge in [-0.05, 0) is 18.1 Å². The van der Waals surface area contributed by atoms with Crippen LogP contribution in [0.15, 0.2) is 24.3 Å². The van der Waals surface area contributed by atoms with Gasteiger partial charge in [0.1, 0.15) is 0 Å².